The monoisotopic (exact) mass is 547 g/mol. The van der Waals surface area contributed by atoms with Gasteiger partial charge in [-0.15, -0.1) is 0 Å². The molecule has 3 aliphatic rings. The Labute approximate surface area is 229 Å². The zero-order chi connectivity index (χ0) is 27.2. The average molecular weight is 548 g/mol. The van der Waals surface area contributed by atoms with Crippen LogP contribution in [0.5, 0.6) is 0 Å². The fourth-order valence-electron chi connectivity index (χ4n) is 6.89. The summed E-state index contributed by atoms with van der Waals surface area (Å²) >= 11 is 0. The van der Waals surface area contributed by atoms with Crippen molar-refractivity contribution in [1.82, 2.24) is 4.31 Å². The number of rotatable bonds is 8. The second kappa shape index (κ2) is 10.2. The number of nitrogens with one attached hydrogen (secondary N) is 2. The molecule has 0 aromatic heterocycles. The van der Waals surface area contributed by atoms with Crippen LogP contribution in [0.3, 0.4) is 0 Å². The van der Waals surface area contributed by atoms with Gasteiger partial charge in [-0.3, -0.25) is 0 Å². The Balaban J connectivity index is 1.34. The molecule has 8 heteroatoms. The first-order valence-corrected chi connectivity index (χ1v) is 15.2. The molecular formula is C31H34FN3O3S. The van der Waals surface area contributed by atoms with Crippen molar-refractivity contribution < 1.29 is 17.5 Å². The van der Waals surface area contributed by atoms with Crippen molar-refractivity contribution in [3.63, 3.8) is 0 Å². The molecule has 6 rings (SSSR count). The molecule has 3 atom stereocenters. The Kier molecular flexibility index (Phi) is 6.81. The number of fused-ring (bicyclic) bond motifs is 1. The molecule has 1 saturated carbocycles. The molecule has 1 aliphatic carbocycles. The van der Waals surface area contributed by atoms with E-state index in [1.165, 1.54) is 23.9 Å². The zero-order valence-corrected chi connectivity index (χ0v) is 22.9. The molecule has 0 radical (unpaired) electrons. The van der Waals surface area contributed by atoms with Crippen LogP contribution in [0.15, 0.2) is 66.7 Å². The lowest BCUT2D eigenvalue weighted by Crippen LogP contribution is -2.38. The highest BCUT2D eigenvalue weighted by molar-refractivity contribution is 7.89. The number of sulfonamides is 1. The molecule has 3 fully saturated rings. The topological polar surface area (TPSA) is 82.5 Å². The molecule has 0 amide bonds. The molecule has 0 spiro atoms. The minimum absolute atomic E-state index is 0.143. The maximum Gasteiger partial charge on any atom is 0.214 e. The molecule has 2 heterocycles. The Morgan fingerprint density at radius 2 is 1.82 bits per heavy atom. The summed E-state index contributed by atoms with van der Waals surface area (Å²) in [4.78, 5) is 0. The number of halogens is 1. The molecule has 3 aromatic carbocycles. The van der Waals surface area contributed by atoms with Gasteiger partial charge in [-0.05, 0) is 84.7 Å². The predicted molar refractivity (Wildman–Crippen MR) is 152 cm³/mol. The van der Waals surface area contributed by atoms with Crippen molar-refractivity contribution in [3.8, 4) is 0 Å². The lowest BCUT2D eigenvalue weighted by Gasteiger charge is -2.28. The predicted octanol–water partition coefficient (Wildman–Crippen LogP) is 5.60. The first-order valence-electron chi connectivity index (χ1n) is 13.6. The lowest BCUT2D eigenvalue weighted by molar-refractivity contribution is 0.0720. The summed E-state index contributed by atoms with van der Waals surface area (Å²) in [5.41, 5.74) is 5.28. The van der Waals surface area contributed by atoms with E-state index in [0.29, 0.717) is 26.3 Å². The van der Waals surface area contributed by atoms with E-state index in [-0.39, 0.29) is 34.7 Å². The van der Waals surface area contributed by atoms with E-state index in [9.17, 15) is 12.8 Å². The number of aryl methyl sites for hydroxylation is 1. The number of nitrogens with zero attached hydrogens (tertiary/aromatic N) is 1. The maximum absolute atomic E-state index is 13.6. The van der Waals surface area contributed by atoms with Crippen LogP contribution < -0.4 is 5.32 Å². The van der Waals surface area contributed by atoms with Crippen LogP contribution in [0.4, 0.5) is 15.8 Å². The fourth-order valence-corrected chi connectivity index (χ4v) is 8.83. The molecule has 2 N–H and O–H groups in total. The summed E-state index contributed by atoms with van der Waals surface area (Å²) in [5.74, 6) is 0.423. The average Bonchev–Trinajstić information content (AvgIpc) is 3.38. The molecule has 3 aromatic rings. The van der Waals surface area contributed by atoms with Crippen molar-refractivity contribution >= 4 is 27.6 Å². The van der Waals surface area contributed by atoms with E-state index in [4.69, 9.17) is 10.1 Å². The standard InChI is InChI=1S/C31H34FN3O3S/c1-21-15-29(34-26-9-7-25(32)8-10-26)24(17-33)16-27(21)31-20-35(39(36,37)19-22-11-13-38-14-12-22)18-28(31)30(31)23-5-3-2-4-6-23/h2-10,15-17,22,28,30,33-34H,11-14,18-20H2,1H3/t28-,30-,31+/m1/s1. The van der Waals surface area contributed by atoms with Crippen LogP contribution in [0.1, 0.15) is 41.0 Å². The number of piperidine rings is 1. The Hall–Kier alpha value is -3.07. The lowest BCUT2D eigenvalue weighted by atomic mass is 9.86. The third kappa shape index (κ3) is 4.79. The molecule has 0 unspecified atom stereocenters. The second-order valence-electron chi connectivity index (χ2n) is 11.2. The Bertz CT molecular complexity index is 1470. The van der Waals surface area contributed by atoms with E-state index >= 15 is 0 Å². The smallest absolute Gasteiger partial charge is 0.214 e. The fraction of sp³-hybridized carbons (Fsp3) is 0.387. The van der Waals surface area contributed by atoms with Crippen LogP contribution >= 0.6 is 0 Å². The van der Waals surface area contributed by atoms with Gasteiger partial charge in [0.25, 0.3) is 0 Å². The highest BCUT2D eigenvalue weighted by Gasteiger charge is 2.71. The van der Waals surface area contributed by atoms with Crippen molar-refractivity contribution in [2.45, 2.75) is 31.1 Å². The van der Waals surface area contributed by atoms with Crippen molar-refractivity contribution in [2.75, 3.05) is 37.4 Å². The summed E-state index contributed by atoms with van der Waals surface area (Å²) in [6, 6.07) is 20.6. The van der Waals surface area contributed by atoms with Gasteiger partial charge in [-0.2, -0.15) is 0 Å². The molecule has 39 heavy (non-hydrogen) atoms. The van der Waals surface area contributed by atoms with Crippen LogP contribution in [0.2, 0.25) is 0 Å². The van der Waals surface area contributed by atoms with Gasteiger partial charge in [0.1, 0.15) is 5.82 Å². The summed E-state index contributed by atoms with van der Waals surface area (Å²) in [6.07, 6.45) is 2.91. The van der Waals surface area contributed by atoms with E-state index in [0.717, 1.165) is 40.9 Å². The molecule has 204 valence electrons. The SMILES string of the molecule is Cc1cc(Nc2ccc(F)cc2)c(C=N)cc1[C@@]12CN(S(=O)(=O)CC3CCOCC3)C[C@@H]1[C@H]2c1ccccc1. The highest BCUT2D eigenvalue weighted by atomic mass is 32.2. The summed E-state index contributed by atoms with van der Waals surface area (Å²) in [6.45, 7) is 4.29. The van der Waals surface area contributed by atoms with E-state index in [1.807, 2.05) is 24.3 Å². The van der Waals surface area contributed by atoms with Gasteiger partial charge in [0.15, 0.2) is 0 Å². The molecule has 2 aliphatic heterocycles. The number of ether oxygens (including phenoxy) is 1. The number of anilines is 2. The van der Waals surface area contributed by atoms with Gasteiger partial charge in [-0.1, -0.05) is 30.3 Å². The molecular weight excluding hydrogens is 513 g/mol. The van der Waals surface area contributed by atoms with E-state index < -0.39 is 10.0 Å². The minimum Gasteiger partial charge on any atom is -0.381 e. The number of benzene rings is 3. The van der Waals surface area contributed by atoms with Crippen LogP contribution in [-0.2, 0) is 20.2 Å². The van der Waals surface area contributed by atoms with Crippen LogP contribution in [0, 0.1) is 30.0 Å². The highest BCUT2D eigenvalue weighted by Crippen LogP contribution is 2.70. The van der Waals surface area contributed by atoms with Gasteiger partial charge in [-0.25, -0.2) is 17.1 Å². The molecule has 6 nitrogen and oxygen atoms in total. The summed E-state index contributed by atoms with van der Waals surface area (Å²) in [5, 5.41) is 11.5. The summed E-state index contributed by atoms with van der Waals surface area (Å²) in [7, 11) is -3.40. The third-order valence-electron chi connectivity index (χ3n) is 8.86. The summed E-state index contributed by atoms with van der Waals surface area (Å²) < 4.78 is 47.7. The van der Waals surface area contributed by atoms with Gasteiger partial charge in [0.05, 0.1) is 5.75 Å². The second-order valence-corrected chi connectivity index (χ2v) is 13.2. The van der Waals surface area contributed by atoms with Crippen LogP contribution in [-0.4, -0.2) is 51.0 Å². The molecule has 2 saturated heterocycles. The molecule has 0 bridgehead atoms. The van der Waals surface area contributed by atoms with Crippen molar-refractivity contribution in [1.29, 1.82) is 5.41 Å². The minimum atomic E-state index is -3.40. The Morgan fingerprint density at radius 1 is 1.10 bits per heavy atom. The number of hydrogen-bond donors (Lipinski definition) is 2. The largest absolute Gasteiger partial charge is 0.381 e. The van der Waals surface area contributed by atoms with Gasteiger partial charge >= 0.3 is 0 Å². The zero-order valence-electron chi connectivity index (χ0n) is 22.1. The Morgan fingerprint density at radius 3 is 2.51 bits per heavy atom. The van der Waals surface area contributed by atoms with Crippen molar-refractivity contribution in [2.24, 2.45) is 11.8 Å². The normalized spacial score (nSPS) is 25.3. The quantitative estimate of drug-likeness (QED) is 0.360. The maximum atomic E-state index is 13.6. The third-order valence-corrected chi connectivity index (χ3v) is 10.8. The van der Waals surface area contributed by atoms with Crippen LogP contribution in [0.25, 0.3) is 0 Å². The first kappa shape index (κ1) is 26.2. The van der Waals surface area contributed by atoms with Gasteiger partial charge < -0.3 is 15.5 Å². The number of hydrogen-bond acceptors (Lipinski definition) is 5. The van der Waals surface area contributed by atoms with E-state index in [2.05, 4.69) is 30.4 Å². The first-order chi connectivity index (χ1) is 18.8. The van der Waals surface area contributed by atoms with Crippen molar-refractivity contribution in [3.05, 3.63) is 94.8 Å². The van der Waals surface area contributed by atoms with Gasteiger partial charge in [0.2, 0.25) is 10.0 Å². The van der Waals surface area contributed by atoms with E-state index in [1.54, 1.807) is 16.4 Å². The van der Waals surface area contributed by atoms with Gasteiger partial charge in [0, 0.05) is 60.8 Å².